The third-order valence-electron chi connectivity index (χ3n) is 1.93. The highest BCUT2D eigenvalue weighted by Crippen LogP contribution is 2.21. The molecule has 1 aromatic heterocycles. The quantitative estimate of drug-likeness (QED) is 0.772. The Balaban J connectivity index is 2.55. The molecule has 0 bridgehead atoms. The zero-order chi connectivity index (χ0) is 12.2. The normalized spacial score (nSPS) is 11.4. The van der Waals surface area contributed by atoms with Gasteiger partial charge in [0.05, 0.1) is 5.60 Å². The maximum absolute atomic E-state index is 10.7. The smallest absolute Gasteiger partial charge is 0.354 e. The molecule has 0 unspecified atom stereocenters. The third kappa shape index (κ3) is 4.63. The molecule has 0 aliphatic heterocycles. The van der Waals surface area contributed by atoms with Gasteiger partial charge in [-0.05, 0) is 32.4 Å². The van der Waals surface area contributed by atoms with Crippen molar-refractivity contribution in [3.05, 3.63) is 24.0 Å². The molecule has 1 rings (SSSR count). The van der Waals surface area contributed by atoms with Gasteiger partial charge in [-0.15, -0.1) is 11.8 Å². The van der Waals surface area contributed by atoms with Crippen molar-refractivity contribution in [3.63, 3.8) is 0 Å². The number of hydrogen-bond acceptors (Lipinski definition) is 4. The van der Waals surface area contributed by atoms with Gasteiger partial charge in [0, 0.05) is 16.8 Å². The monoisotopic (exact) mass is 241 g/mol. The number of carbonyl (C=O) groups is 1. The van der Waals surface area contributed by atoms with Gasteiger partial charge in [0.25, 0.3) is 0 Å². The molecule has 4 nitrogen and oxygen atoms in total. The van der Waals surface area contributed by atoms with Crippen molar-refractivity contribution < 1.29 is 15.0 Å². The Hall–Kier alpha value is -1.07. The van der Waals surface area contributed by atoms with Crippen LogP contribution in [0.5, 0.6) is 0 Å². The number of pyridine rings is 1. The van der Waals surface area contributed by atoms with Crippen LogP contribution >= 0.6 is 11.8 Å². The molecular formula is C11H15NO3S. The summed E-state index contributed by atoms with van der Waals surface area (Å²) >= 11 is 1.52. The Morgan fingerprint density at radius 2 is 2.25 bits per heavy atom. The predicted molar refractivity (Wildman–Crippen MR) is 62.8 cm³/mol. The predicted octanol–water partition coefficient (Wildman–Crippen LogP) is 2.03. The van der Waals surface area contributed by atoms with Crippen molar-refractivity contribution >= 4 is 17.7 Å². The first kappa shape index (κ1) is 13.0. The topological polar surface area (TPSA) is 70.4 Å². The van der Waals surface area contributed by atoms with Crippen LogP contribution in [0.25, 0.3) is 0 Å². The molecule has 0 atom stereocenters. The van der Waals surface area contributed by atoms with E-state index in [0.717, 1.165) is 10.6 Å². The number of nitrogens with zero attached hydrogens (tertiary/aromatic N) is 1. The van der Waals surface area contributed by atoms with Gasteiger partial charge in [0.2, 0.25) is 0 Å². The van der Waals surface area contributed by atoms with Crippen LogP contribution in [-0.2, 0) is 0 Å². The van der Waals surface area contributed by atoms with Gasteiger partial charge in [-0.3, -0.25) is 0 Å². The van der Waals surface area contributed by atoms with Crippen LogP contribution in [0.15, 0.2) is 23.2 Å². The van der Waals surface area contributed by atoms with Crippen LogP contribution in [0, 0.1) is 0 Å². The number of aromatic carboxylic acids is 1. The van der Waals surface area contributed by atoms with Crippen LogP contribution in [0.2, 0.25) is 0 Å². The number of carboxylic acids is 1. The van der Waals surface area contributed by atoms with Gasteiger partial charge in [-0.25, -0.2) is 9.78 Å². The SMILES string of the molecule is CC(C)(O)CCSc1ccnc(C(=O)O)c1. The first-order chi connectivity index (χ1) is 7.38. The molecule has 0 fully saturated rings. The summed E-state index contributed by atoms with van der Waals surface area (Å²) in [6.45, 7) is 3.51. The van der Waals surface area contributed by atoms with Crippen molar-refractivity contribution in [1.82, 2.24) is 4.98 Å². The molecule has 0 saturated carbocycles. The molecular weight excluding hydrogens is 226 g/mol. The van der Waals surface area contributed by atoms with Crippen LogP contribution in [0.4, 0.5) is 0 Å². The first-order valence-electron chi connectivity index (χ1n) is 4.93. The van der Waals surface area contributed by atoms with Crippen molar-refractivity contribution in [2.75, 3.05) is 5.75 Å². The summed E-state index contributed by atoms with van der Waals surface area (Å²) in [6, 6.07) is 3.30. The second kappa shape index (κ2) is 5.32. The van der Waals surface area contributed by atoms with Gasteiger partial charge >= 0.3 is 5.97 Å². The molecule has 5 heteroatoms. The summed E-state index contributed by atoms with van der Waals surface area (Å²) in [7, 11) is 0. The average Bonchev–Trinajstić information content (AvgIpc) is 2.16. The number of aliphatic hydroxyl groups is 1. The molecule has 2 N–H and O–H groups in total. The largest absolute Gasteiger partial charge is 0.477 e. The van der Waals surface area contributed by atoms with Crippen molar-refractivity contribution in [3.8, 4) is 0 Å². The summed E-state index contributed by atoms with van der Waals surface area (Å²) in [4.78, 5) is 15.3. The summed E-state index contributed by atoms with van der Waals surface area (Å²) in [5.74, 6) is -0.281. The van der Waals surface area contributed by atoms with Crippen molar-refractivity contribution in [2.45, 2.75) is 30.8 Å². The molecule has 0 saturated heterocycles. The van der Waals surface area contributed by atoms with Gasteiger partial charge in [-0.2, -0.15) is 0 Å². The summed E-state index contributed by atoms with van der Waals surface area (Å²) in [6.07, 6.45) is 2.14. The van der Waals surface area contributed by atoms with Gasteiger partial charge in [0.15, 0.2) is 0 Å². The van der Waals surface area contributed by atoms with Gasteiger partial charge in [-0.1, -0.05) is 0 Å². The molecule has 16 heavy (non-hydrogen) atoms. The molecule has 0 aliphatic rings. The molecule has 0 aliphatic carbocycles. The Morgan fingerprint density at radius 3 is 2.81 bits per heavy atom. The number of aromatic nitrogens is 1. The molecule has 0 amide bonds. The Kier molecular flexibility index (Phi) is 4.32. The second-order valence-corrected chi connectivity index (χ2v) is 5.26. The zero-order valence-corrected chi connectivity index (χ0v) is 10.1. The number of rotatable bonds is 5. The van der Waals surface area contributed by atoms with Crippen LogP contribution in [-0.4, -0.2) is 32.5 Å². The van der Waals surface area contributed by atoms with Gasteiger partial charge in [0.1, 0.15) is 5.69 Å². The molecule has 1 heterocycles. The fraction of sp³-hybridized carbons (Fsp3) is 0.455. The molecule has 0 aromatic carbocycles. The highest BCUT2D eigenvalue weighted by Gasteiger charge is 2.12. The van der Waals surface area contributed by atoms with E-state index in [1.165, 1.54) is 24.0 Å². The van der Waals surface area contributed by atoms with Crippen LogP contribution in [0.3, 0.4) is 0 Å². The van der Waals surface area contributed by atoms with Gasteiger partial charge < -0.3 is 10.2 Å². The van der Waals surface area contributed by atoms with E-state index in [2.05, 4.69) is 4.98 Å². The minimum absolute atomic E-state index is 0.0493. The van der Waals surface area contributed by atoms with E-state index in [0.29, 0.717) is 6.42 Å². The maximum Gasteiger partial charge on any atom is 0.354 e. The van der Waals surface area contributed by atoms with E-state index >= 15 is 0 Å². The van der Waals surface area contributed by atoms with E-state index in [1.54, 1.807) is 19.9 Å². The van der Waals surface area contributed by atoms with E-state index in [4.69, 9.17) is 5.11 Å². The van der Waals surface area contributed by atoms with E-state index in [-0.39, 0.29) is 5.69 Å². The minimum Gasteiger partial charge on any atom is -0.477 e. The first-order valence-corrected chi connectivity index (χ1v) is 5.91. The molecule has 0 spiro atoms. The van der Waals surface area contributed by atoms with E-state index < -0.39 is 11.6 Å². The zero-order valence-electron chi connectivity index (χ0n) is 9.30. The number of hydrogen-bond donors (Lipinski definition) is 2. The standard InChI is InChI=1S/C11H15NO3S/c1-11(2,15)4-6-16-8-3-5-12-9(7-8)10(13)14/h3,5,7,15H,4,6H2,1-2H3,(H,13,14). The lowest BCUT2D eigenvalue weighted by Crippen LogP contribution is -2.19. The van der Waals surface area contributed by atoms with Crippen molar-refractivity contribution in [1.29, 1.82) is 0 Å². The highest BCUT2D eigenvalue weighted by molar-refractivity contribution is 7.99. The Bertz CT molecular complexity index is 374. The minimum atomic E-state index is -1.02. The van der Waals surface area contributed by atoms with Crippen molar-refractivity contribution in [2.24, 2.45) is 0 Å². The summed E-state index contributed by atoms with van der Waals surface area (Å²) in [5, 5.41) is 18.3. The molecule has 88 valence electrons. The van der Waals surface area contributed by atoms with Crippen LogP contribution < -0.4 is 0 Å². The number of carboxylic acid groups (broad SMARTS) is 1. The Labute approximate surface area is 98.7 Å². The fourth-order valence-corrected chi connectivity index (χ4v) is 2.23. The third-order valence-corrected chi connectivity index (χ3v) is 2.93. The molecule has 1 aromatic rings. The van der Waals surface area contributed by atoms with E-state index in [1.807, 2.05) is 0 Å². The maximum atomic E-state index is 10.7. The lowest BCUT2D eigenvalue weighted by Gasteiger charge is -2.16. The second-order valence-electron chi connectivity index (χ2n) is 4.09. The average molecular weight is 241 g/mol. The summed E-state index contributed by atoms with van der Waals surface area (Å²) in [5.41, 5.74) is -0.636. The van der Waals surface area contributed by atoms with Crippen LogP contribution in [0.1, 0.15) is 30.8 Å². The van der Waals surface area contributed by atoms with E-state index in [9.17, 15) is 9.90 Å². The Morgan fingerprint density at radius 1 is 1.56 bits per heavy atom. The highest BCUT2D eigenvalue weighted by atomic mass is 32.2. The lowest BCUT2D eigenvalue weighted by atomic mass is 10.1. The summed E-state index contributed by atoms with van der Waals surface area (Å²) < 4.78 is 0. The lowest BCUT2D eigenvalue weighted by molar-refractivity contribution is 0.0689. The fourth-order valence-electron chi connectivity index (χ4n) is 1.04. The number of thioether (sulfide) groups is 1. The molecule has 0 radical (unpaired) electrons.